The van der Waals surface area contributed by atoms with E-state index in [0.29, 0.717) is 0 Å². The summed E-state index contributed by atoms with van der Waals surface area (Å²) < 4.78 is 33.9. The third-order valence-electron chi connectivity index (χ3n) is 4.99. The summed E-state index contributed by atoms with van der Waals surface area (Å²) in [5.74, 6) is -0.0779. The van der Waals surface area contributed by atoms with Gasteiger partial charge in [0.05, 0.1) is 4.90 Å². The first-order valence-electron chi connectivity index (χ1n) is 9.27. The first kappa shape index (κ1) is 25.1. The zero-order valence-corrected chi connectivity index (χ0v) is 22.0. The topological polar surface area (TPSA) is 63.7 Å². The Morgan fingerprint density at radius 2 is 0.933 bits per heavy atom. The molecule has 0 N–H and O–H groups in total. The molecule has 0 heterocycles. The fourth-order valence-corrected chi connectivity index (χ4v) is 3.80. The minimum Gasteiger partial charge on any atom is -0.744 e. The van der Waals surface area contributed by atoms with E-state index in [9.17, 15) is 13.0 Å². The van der Waals surface area contributed by atoms with Gasteiger partial charge in [-0.1, -0.05) is 36.4 Å². The van der Waals surface area contributed by atoms with Gasteiger partial charge in [-0.3, -0.25) is 0 Å². The molecule has 0 amide bonds. The van der Waals surface area contributed by atoms with Gasteiger partial charge in [-0.05, 0) is 53.1 Å². The molecule has 0 spiro atoms. The molecule has 0 aliphatic heterocycles. The predicted octanol–water partition coefficient (Wildman–Crippen LogP) is 0.907. The first-order valence-corrected chi connectivity index (χ1v) is 10.7. The minimum atomic E-state index is -4.47. The zero-order chi connectivity index (χ0) is 21.2. The van der Waals surface area contributed by atoms with Crippen LogP contribution in [0.3, 0.4) is 0 Å². The molecule has 3 aromatic carbocycles. The van der Waals surface area contributed by atoms with Crippen molar-refractivity contribution in [2.45, 2.75) is 10.8 Å². The normalized spacial score (nSPS) is 11.1. The molecule has 30 heavy (non-hydrogen) atoms. The summed E-state index contributed by atoms with van der Waals surface area (Å²) in [6.07, 6.45) is 0. The van der Waals surface area contributed by atoms with Crippen molar-refractivity contribution in [3.63, 3.8) is 0 Å². The summed E-state index contributed by atoms with van der Waals surface area (Å²) in [5.41, 5.74) is 5.30. The van der Waals surface area contributed by atoms with E-state index < -0.39 is 10.1 Å². The van der Waals surface area contributed by atoms with Crippen molar-refractivity contribution in [2.24, 2.45) is 0 Å². The van der Waals surface area contributed by atoms with Crippen molar-refractivity contribution in [3.05, 3.63) is 89.5 Å². The Morgan fingerprint density at radius 3 is 1.20 bits per heavy atom. The SMILES string of the molecule is CN(C)c1ccc(C(c2ccc(N(C)C)cc2)c2ccc(S(=O)(=O)[O-])cc2)cc1.[K+]. The molecule has 5 nitrogen and oxygen atoms in total. The molecule has 0 atom stereocenters. The zero-order valence-electron chi connectivity index (χ0n) is 18.0. The third kappa shape index (κ3) is 5.94. The monoisotopic (exact) mass is 448 g/mol. The van der Waals surface area contributed by atoms with Gasteiger partial charge in [0.1, 0.15) is 10.1 Å². The Kier molecular flexibility index (Phi) is 8.70. The van der Waals surface area contributed by atoms with Gasteiger partial charge in [0.15, 0.2) is 0 Å². The molecule has 0 fully saturated rings. The van der Waals surface area contributed by atoms with Crippen molar-refractivity contribution in [1.29, 1.82) is 0 Å². The van der Waals surface area contributed by atoms with Gasteiger partial charge in [-0.2, -0.15) is 0 Å². The maximum Gasteiger partial charge on any atom is 1.00 e. The van der Waals surface area contributed by atoms with Crippen molar-refractivity contribution < 1.29 is 64.4 Å². The molecule has 0 saturated heterocycles. The second kappa shape index (κ2) is 10.4. The fourth-order valence-electron chi connectivity index (χ4n) is 3.33. The minimum absolute atomic E-state index is 0. The van der Waals surface area contributed by atoms with Crippen LogP contribution in [0, 0.1) is 0 Å². The van der Waals surface area contributed by atoms with Crippen LogP contribution in [0.25, 0.3) is 0 Å². The van der Waals surface area contributed by atoms with Crippen LogP contribution in [-0.2, 0) is 10.1 Å². The average Bonchev–Trinajstić information content (AvgIpc) is 2.69. The molecule has 0 unspecified atom stereocenters. The van der Waals surface area contributed by atoms with Crippen LogP contribution in [0.5, 0.6) is 0 Å². The summed E-state index contributed by atoms with van der Waals surface area (Å²) in [4.78, 5) is 3.86. The predicted molar refractivity (Wildman–Crippen MR) is 117 cm³/mol. The second-order valence-electron chi connectivity index (χ2n) is 7.43. The van der Waals surface area contributed by atoms with Gasteiger partial charge in [0, 0.05) is 45.5 Å². The number of hydrogen-bond acceptors (Lipinski definition) is 5. The number of anilines is 2. The number of nitrogens with zero attached hydrogens (tertiary/aromatic N) is 2. The van der Waals surface area contributed by atoms with E-state index in [1.54, 1.807) is 12.1 Å². The number of hydrogen-bond donors (Lipinski definition) is 0. The van der Waals surface area contributed by atoms with E-state index in [-0.39, 0.29) is 62.2 Å². The Hall–Kier alpha value is -1.19. The van der Waals surface area contributed by atoms with Crippen molar-refractivity contribution >= 4 is 21.5 Å². The molecule has 3 aromatic rings. The Bertz CT molecular complexity index is 1010. The van der Waals surface area contributed by atoms with Gasteiger partial charge >= 0.3 is 51.4 Å². The van der Waals surface area contributed by atoms with Gasteiger partial charge < -0.3 is 14.4 Å². The molecule has 0 aromatic heterocycles. The van der Waals surface area contributed by atoms with Crippen LogP contribution >= 0.6 is 0 Å². The van der Waals surface area contributed by atoms with E-state index in [0.717, 1.165) is 28.1 Å². The van der Waals surface area contributed by atoms with Gasteiger partial charge in [-0.15, -0.1) is 0 Å². The van der Waals surface area contributed by atoms with Crippen LogP contribution in [-0.4, -0.2) is 41.2 Å². The molecular weight excluding hydrogens is 423 g/mol. The van der Waals surface area contributed by atoms with Crippen LogP contribution in [0.1, 0.15) is 22.6 Å². The smallest absolute Gasteiger partial charge is 0.744 e. The Morgan fingerprint density at radius 1 is 0.633 bits per heavy atom. The average molecular weight is 449 g/mol. The molecule has 0 aliphatic carbocycles. The van der Waals surface area contributed by atoms with Gasteiger partial charge in [0.2, 0.25) is 0 Å². The van der Waals surface area contributed by atoms with E-state index in [1.165, 1.54) is 12.1 Å². The standard InChI is InChI=1S/C23H26N2O3S.K/c1-24(2)20-11-5-17(6-12-20)23(18-7-13-21(14-8-18)25(3)4)19-9-15-22(16-10-19)29(26,27)28;/h5-16,23H,1-4H3,(H,26,27,28);/q;+1/p-1. The van der Waals surface area contributed by atoms with Crippen LogP contribution in [0.15, 0.2) is 77.7 Å². The molecule has 0 saturated carbocycles. The summed E-state index contributed by atoms with van der Waals surface area (Å²) in [5, 5.41) is 0. The fraction of sp³-hybridized carbons (Fsp3) is 0.217. The molecule has 3 rings (SSSR count). The molecule has 0 aliphatic rings. The van der Waals surface area contributed by atoms with Gasteiger partial charge in [0.25, 0.3) is 0 Å². The molecule has 7 heteroatoms. The largest absolute Gasteiger partial charge is 1.00 e. The quantitative estimate of drug-likeness (QED) is 0.319. The first-order chi connectivity index (χ1) is 13.7. The molecular formula is C23H25KN2O3S. The second-order valence-corrected chi connectivity index (χ2v) is 8.81. The summed E-state index contributed by atoms with van der Waals surface area (Å²) >= 11 is 0. The van der Waals surface area contributed by atoms with Crippen LogP contribution < -0.4 is 61.2 Å². The maximum absolute atomic E-state index is 11.3. The molecule has 0 radical (unpaired) electrons. The molecule has 152 valence electrons. The van der Waals surface area contributed by atoms with Crippen LogP contribution in [0.2, 0.25) is 0 Å². The van der Waals surface area contributed by atoms with E-state index >= 15 is 0 Å². The summed E-state index contributed by atoms with van der Waals surface area (Å²) in [6, 6.07) is 22.8. The van der Waals surface area contributed by atoms with Gasteiger partial charge in [-0.25, -0.2) is 8.42 Å². The summed E-state index contributed by atoms with van der Waals surface area (Å²) in [7, 11) is 3.51. The van der Waals surface area contributed by atoms with E-state index in [2.05, 4.69) is 48.5 Å². The maximum atomic E-state index is 11.3. The summed E-state index contributed by atoms with van der Waals surface area (Å²) in [6.45, 7) is 0. The van der Waals surface area contributed by atoms with Crippen LogP contribution in [0.4, 0.5) is 11.4 Å². The number of benzene rings is 3. The number of rotatable bonds is 6. The Labute approximate surface area is 221 Å². The molecule has 0 bridgehead atoms. The third-order valence-corrected chi connectivity index (χ3v) is 5.84. The van der Waals surface area contributed by atoms with Crippen molar-refractivity contribution in [2.75, 3.05) is 38.0 Å². The van der Waals surface area contributed by atoms with E-state index in [4.69, 9.17) is 0 Å². The van der Waals surface area contributed by atoms with Crippen molar-refractivity contribution in [3.8, 4) is 0 Å². The van der Waals surface area contributed by atoms with Crippen molar-refractivity contribution in [1.82, 2.24) is 0 Å². The van der Waals surface area contributed by atoms with E-state index in [1.807, 2.05) is 38.0 Å². The Balaban J connectivity index is 0.00000320.